The second-order valence-electron chi connectivity index (χ2n) is 6.19. The van der Waals surface area contributed by atoms with Crippen molar-refractivity contribution in [2.24, 2.45) is 0 Å². The number of aldehydes is 1. The summed E-state index contributed by atoms with van der Waals surface area (Å²) in [5, 5.41) is 33.4. The van der Waals surface area contributed by atoms with Gasteiger partial charge in [-0.2, -0.15) is 0 Å². The minimum atomic E-state index is -0.745. The molecule has 0 N–H and O–H groups in total. The molecular weight excluding hydrogens is 370 g/mol. The van der Waals surface area contributed by atoms with Gasteiger partial charge >= 0.3 is 0 Å². The van der Waals surface area contributed by atoms with Gasteiger partial charge in [0.2, 0.25) is 5.70 Å². The van der Waals surface area contributed by atoms with Crippen molar-refractivity contribution in [1.82, 2.24) is 0 Å². The zero-order valence-corrected chi connectivity index (χ0v) is 16.1. The summed E-state index contributed by atoms with van der Waals surface area (Å²) < 4.78 is 0. The normalized spacial score (nSPS) is 12.7. The molecule has 0 saturated heterocycles. The molecule has 0 spiro atoms. The fraction of sp³-hybridized carbons (Fsp3) is 0.611. The third-order valence-corrected chi connectivity index (χ3v) is 3.96. The molecule has 0 amide bonds. The summed E-state index contributed by atoms with van der Waals surface area (Å²) in [5.41, 5.74) is -0.924. The van der Waals surface area contributed by atoms with E-state index in [1.165, 1.54) is 12.2 Å². The zero-order chi connectivity index (χ0) is 21.4. The molecule has 0 aromatic rings. The van der Waals surface area contributed by atoms with Crippen molar-refractivity contribution in [3.8, 4) is 0 Å². The lowest BCUT2D eigenvalue weighted by Gasteiger charge is -2.00. The van der Waals surface area contributed by atoms with Crippen molar-refractivity contribution in [2.45, 2.75) is 71.1 Å². The van der Waals surface area contributed by atoms with E-state index in [0.717, 1.165) is 31.6 Å². The molecule has 0 aliphatic rings. The van der Waals surface area contributed by atoms with Crippen molar-refractivity contribution in [3.63, 3.8) is 0 Å². The number of carbonyl (C=O) groups is 1. The summed E-state index contributed by atoms with van der Waals surface area (Å²) in [5.74, 6) is 0. The first-order valence-corrected chi connectivity index (χ1v) is 9.27. The Morgan fingerprint density at radius 1 is 0.714 bits per heavy atom. The highest BCUT2D eigenvalue weighted by Crippen LogP contribution is 2.17. The number of nitro groups is 3. The van der Waals surface area contributed by atoms with Crippen LogP contribution in [0.2, 0.25) is 0 Å². The SMILES string of the molecule is CCCCC/C=C(\C/C(=C\C/C(=C\CCCCC=O)[N+](=O)[O-])[N+](=O)[O-])[N+](=O)[O-]. The van der Waals surface area contributed by atoms with E-state index in [4.69, 9.17) is 0 Å². The molecule has 10 heteroatoms. The van der Waals surface area contributed by atoms with Gasteiger partial charge in [0, 0.05) is 12.5 Å². The fourth-order valence-corrected chi connectivity index (χ4v) is 2.37. The monoisotopic (exact) mass is 397 g/mol. The average molecular weight is 397 g/mol. The summed E-state index contributed by atoms with van der Waals surface area (Å²) >= 11 is 0. The first-order valence-electron chi connectivity index (χ1n) is 9.27. The van der Waals surface area contributed by atoms with Crippen LogP contribution >= 0.6 is 0 Å². The molecule has 0 aromatic carbocycles. The van der Waals surface area contributed by atoms with E-state index in [-0.39, 0.29) is 17.8 Å². The maximum Gasteiger partial charge on any atom is 0.253 e. The van der Waals surface area contributed by atoms with Gasteiger partial charge in [0.1, 0.15) is 12.7 Å². The standard InChI is InChI=1S/C18H27N3O7/c1-2-3-4-7-11-17(20(25)26)15-18(21(27)28)13-12-16(19(23)24)10-8-5-6-9-14-22/h10-11,13-14H,2-9,12,15H2,1H3/b16-10+,17-11+,18-13+. The number of nitrogens with zero attached hydrogens (tertiary/aromatic N) is 3. The summed E-state index contributed by atoms with van der Waals surface area (Å²) in [6, 6.07) is 0. The van der Waals surface area contributed by atoms with Gasteiger partial charge in [0.05, 0.1) is 21.2 Å². The molecule has 0 aliphatic carbocycles. The third-order valence-electron chi connectivity index (χ3n) is 3.96. The number of unbranched alkanes of at least 4 members (excludes halogenated alkanes) is 6. The van der Waals surface area contributed by atoms with Crippen LogP contribution in [0.5, 0.6) is 0 Å². The van der Waals surface area contributed by atoms with E-state index in [1.54, 1.807) is 0 Å². The number of hydrogen-bond acceptors (Lipinski definition) is 7. The summed E-state index contributed by atoms with van der Waals surface area (Å²) in [6.07, 6.45) is 8.81. The highest BCUT2D eigenvalue weighted by Gasteiger charge is 2.22. The minimum Gasteiger partial charge on any atom is -0.303 e. The van der Waals surface area contributed by atoms with Gasteiger partial charge < -0.3 is 4.79 Å². The van der Waals surface area contributed by atoms with E-state index in [9.17, 15) is 35.1 Å². The quantitative estimate of drug-likeness (QED) is 0.160. The lowest BCUT2D eigenvalue weighted by Crippen LogP contribution is -2.07. The second-order valence-corrected chi connectivity index (χ2v) is 6.19. The molecule has 10 nitrogen and oxygen atoms in total. The van der Waals surface area contributed by atoms with Crippen molar-refractivity contribution in [1.29, 1.82) is 0 Å². The summed E-state index contributed by atoms with van der Waals surface area (Å²) in [4.78, 5) is 41.7. The fourth-order valence-electron chi connectivity index (χ4n) is 2.37. The largest absolute Gasteiger partial charge is 0.303 e. The smallest absolute Gasteiger partial charge is 0.253 e. The van der Waals surface area contributed by atoms with Gasteiger partial charge in [-0.1, -0.05) is 19.8 Å². The van der Waals surface area contributed by atoms with Crippen LogP contribution in [0.1, 0.15) is 71.1 Å². The minimum absolute atomic E-state index is 0.208. The molecule has 156 valence electrons. The zero-order valence-electron chi connectivity index (χ0n) is 16.1. The number of hydrogen-bond donors (Lipinski definition) is 0. The summed E-state index contributed by atoms with van der Waals surface area (Å²) in [6.45, 7) is 1.99. The van der Waals surface area contributed by atoms with Crippen LogP contribution in [0.15, 0.2) is 35.3 Å². The molecule has 0 aromatic heterocycles. The molecule has 0 rings (SSSR count). The highest BCUT2D eigenvalue weighted by molar-refractivity contribution is 5.48. The molecule has 0 aliphatic heterocycles. The van der Waals surface area contributed by atoms with Crippen molar-refractivity contribution in [3.05, 3.63) is 65.7 Å². The number of allylic oxidation sites excluding steroid dienone is 3. The van der Waals surface area contributed by atoms with Gasteiger partial charge in [-0.05, 0) is 44.3 Å². The lowest BCUT2D eigenvalue weighted by atomic mass is 10.1. The Morgan fingerprint density at radius 2 is 1.18 bits per heavy atom. The molecule has 0 saturated carbocycles. The Labute approximate surface area is 163 Å². The molecule has 0 fully saturated rings. The van der Waals surface area contributed by atoms with Crippen molar-refractivity contribution < 1.29 is 19.6 Å². The van der Waals surface area contributed by atoms with E-state index < -0.39 is 26.9 Å². The van der Waals surface area contributed by atoms with Crippen LogP contribution in [0.25, 0.3) is 0 Å². The predicted octanol–water partition coefficient (Wildman–Crippen LogP) is 4.59. The average Bonchev–Trinajstić information content (AvgIpc) is 2.63. The molecule has 0 radical (unpaired) electrons. The maximum absolute atomic E-state index is 11.2. The van der Waals surface area contributed by atoms with E-state index >= 15 is 0 Å². The Bertz CT molecular complexity index is 639. The van der Waals surface area contributed by atoms with Gasteiger partial charge in [-0.15, -0.1) is 0 Å². The van der Waals surface area contributed by atoms with Crippen LogP contribution < -0.4 is 0 Å². The first-order chi connectivity index (χ1) is 13.3. The van der Waals surface area contributed by atoms with Crippen LogP contribution in [0, 0.1) is 30.3 Å². The van der Waals surface area contributed by atoms with Gasteiger partial charge in [0.25, 0.3) is 11.4 Å². The van der Waals surface area contributed by atoms with Crippen LogP contribution in [0.4, 0.5) is 0 Å². The van der Waals surface area contributed by atoms with Crippen LogP contribution in [-0.2, 0) is 4.79 Å². The predicted molar refractivity (Wildman–Crippen MR) is 103 cm³/mol. The lowest BCUT2D eigenvalue weighted by molar-refractivity contribution is -0.450. The van der Waals surface area contributed by atoms with Gasteiger partial charge in [-0.25, -0.2) is 0 Å². The third kappa shape index (κ3) is 11.7. The molecule has 0 heterocycles. The molecule has 0 atom stereocenters. The van der Waals surface area contributed by atoms with E-state index in [0.29, 0.717) is 32.1 Å². The number of carbonyl (C=O) groups excluding carboxylic acids is 1. The second kappa shape index (κ2) is 15.2. The first kappa shape index (κ1) is 25.1. The van der Waals surface area contributed by atoms with Crippen LogP contribution in [0.3, 0.4) is 0 Å². The molecular formula is C18H27N3O7. The van der Waals surface area contributed by atoms with Gasteiger partial charge in [-0.3, -0.25) is 30.3 Å². The topological polar surface area (TPSA) is 146 Å². The highest BCUT2D eigenvalue weighted by atomic mass is 16.6. The Kier molecular flexibility index (Phi) is 13.6. The maximum atomic E-state index is 11.2. The Morgan fingerprint density at radius 3 is 1.68 bits per heavy atom. The Balaban J connectivity index is 5.14. The molecule has 0 bridgehead atoms. The molecule has 28 heavy (non-hydrogen) atoms. The van der Waals surface area contributed by atoms with Gasteiger partial charge in [0.15, 0.2) is 0 Å². The van der Waals surface area contributed by atoms with Crippen molar-refractivity contribution in [2.75, 3.05) is 0 Å². The van der Waals surface area contributed by atoms with E-state index in [1.807, 2.05) is 6.92 Å². The van der Waals surface area contributed by atoms with E-state index in [2.05, 4.69) is 0 Å². The molecule has 0 unspecified atom stereocenters. The Hall–Kier alpha value is -2.91. The van der Waals surface area contributed by atoms with Crippen molar-refractivity contribution >= 4 is 6.29 Å². The number of rotatable bonds is 16. The summed E-state index contributed by atoms with van der Waals surface area (Å²) in [7, 11) is 0. The van der Waals surface area contributed by atoms with Crippen LogP contribution in [-0.4, -0.2) is 21.1 Å².